The van der Waals surface area contributed by atoms with Gasteiger partial charge in [-0.2, -0.15) is 0 Å². The minimum atomic E-state index is -2.64. The zero-order valence-corrected chi connectivity index (χ0v) is 18.4. The van der Waals surface area contributed by atoms with Crippen molar-refractivity contribution in [3.05, 3.63) is 0 Å². The largest absolute Gasteiger partial charge is 0.500 e. The maximum Gasteiger partial charge on any atom is 0.500 e. The molecule has 27 heavy (non-hydrogen) atoms. The first-order chi connectivity index (χ1) is 13.0. The molecule has 0 saturated carbocycles. The van der Waals surface area contributed by atoms with Crippen LogP contribution in [0.3, 0.4) is 0 Å². The van der Waals surface area contributed by atoms with E-state index in [0.29, 0.717) is 30.1 Å². The first-order valence-electron chi connectivity index (χ1n) is 8.67. The maximum absolute atomic E-state index is 12.0. The number of rotatable bonds is 15. The van der Waals surface area contributed by atoms with Gasteiger partial charge in [0.15, 0.2) is 4.34 Å². The zero-order chi connectivity index (χ0) is 19.7. The number of thioether (sulfide) groups is 1. The number of ketones is 1. The molecule has 154 valence electrons. The molecular weight excluding hydrogens is 410 g/mol. The number of aromatic nitrogens is 2. The highest BCUT2D eigenvalue weighted by atomic mass is 32.2. The Balaban J connectivity index is 1.61. The second kappa shape index (κ2) is 11.4. The van der Waals surface area contributed by atoms with Gasteiger partial charge in [0.05, 0.1) is 18.8 Å². The van der Waals surface area contributed by atoms with Crippen LogP contribution in [-0.2, 0) is 22.8 Å². The number of aliphatic hydroxyl groups excluding tert-OH is 1. The van der Waals surface area contributed by atoms with E-state index in [1.807, 2.05) is 0 Å². The second-order valence-corrected chi connectivity index (χ2v) is 11.4. The Bertz CT molecular complexity index is 577. The van der Waals surface area contributed by atoms with Crippen LogP contribution in [-0.4, -0.2) is 82.3 Å². The van der Waals surface area contributed by atoms with Crippen LogP contribution in [0, 0.1) is 0 Å². The van der Waals surface area contributed by atoms with Gasteiger partial charge in [0.2, 0.25) is 5.13 Å². The normalized spacial score (nSPS) is 17.7. The van der Waals surface area contributed by atoms with Gasteiger partial charge in [0, 0.05) is 52.5 Å². The van der Waals surface area contributed by atoms with Crippen molar-refractivity contribution in [2.45, 2.75) is 41.9 Å². The molecule has 2 rings (SSSR count). The van der Waals surface area contributed by atoms with Crippen molar-refractivity contribution in [3.63, 3.8) is 0 Å². The number of epoxide rings is 1. The Hall–Kier alpha value is -0.603. The highest BCUT2D eigenvalue weighted by Gasteiger charge is 2.37. The molecule has 1 fully saturated rings. The Morgan fingerprint density at radius 2 is 2.11 bits per heavy atom. The van der Waals surface area contributed by atoms with Crippen molar-refractivity contribution in [2.75, 3.05) is 45.6 Å². The molecule has 0 aliphatic carbocycles. The Labute approximate surface area is 168 Å². The van der Waals surface area contributed by atoms with Crippen molar-refractivity contribution >= 4 is 42.8 Å². The number of nitrogens with one attached hydrogen (secondary N) is 1. The third-order valence-corrected chi connectivity index (χ3v) is 9.00. The van der Waals surface area contributed by atoms with Crippen LogP contribution in [0.4, 0.5) is 5.13 Å². The van der Waals surface area contributed by atoms with E-state index in [4.69, 9.17) is 18.0 Å². The molecule has 0 aromatic carbocycles. The second-order valence-electron chi connectivity index (χ2n) is 6.07. The summed E-state index contributed by atoms with van der Waals surface area (Å²) in [5.74, 6) is 0.874. The molecular formula is C15H27N3O6S2Si. The van der Waals surface area contributed by atoms with Crippen molar-refractivity contribution in [3.8, 4) is 0 Å². The first-order valence-corrected chi connectivity index (χ1v) is 12.4. The number of carbonyl (C=O) groups is 1. The van der Waals surface area contributed by atoms with Crippen LogP contribution in [0.1, 0.15) is 19.3 Å². The van der Waals surface area contributed by atoms with Crippen LogP contribution < -0.4 is 5.32 Å². The highest BCUT2D eigenvalue weighted by molar-refractivity contribution is 8.01. The number of hydrogen-bond acceptors (Lipinski definition) is 11. The molecule has 12 heteroatoms. The summed E-state index contributed by atoms with van der Waals surface area (Å²) in [6.45, 7) is 1.08. The fraction of sp³-hybridized carbons (Fsp3) is 0.800. The van der Waals surface area contributed by atoms with Gasteiger partial charge in [-0.25, -0.2) is 0 Å². The lowest BCUT2D eigenvalue weighted by atomic mass is 10.1. The van der Waals surface area contributed by atoms with Gasteiger partial charge in [-0.05, 0) is 6.42 Å². The lowest BCUT2D eigenvalue weighted by Gasteiger charge is -2.24. The number of nitrogens with zero attached hydrogens (tertiary/aromatic N) is 2. The van der Waals surface area contributed by atoms with Crippen LogP contribution in [0.15, 0.2) is 4.34 Å². The van der Waals surface area contributed by atoms with Crippen molar-refractivity contribution in [1.29, 1.82) is 0 Å². The van der Waals surface area contributed by atoms with E-state index in [2.05, 4.69) is 15.5 Å². The molecule has 0 radical (unpaired) electrons. The summed E-state index contributed by atoms with van der Waals surface area (Å²) in [5.41, 5.74) is 0. The van der Waals surface area contributed by atoms with E-state index in [-0.39, 0.29) is 18.7 Å². The summed E-state index contributed by atoms with van der Waals surface area (Å²) in [6.07, 6.45) is 0.612. The predicted octanol–water partition coefficient (Wildman–Crippen LogP) is 1.42. The SMILES string of the molecule is CO[Si](CCCC(=O)CC(O)CNc1nnc(SCC2CO2)s1)(OC)OC. The molecule has 1 aromatic heterocycles. The quantitative estimate of drug-likeness (QED) is 0.237. The van der Waals surface area contributed by atoms with E-state index in [0.717, 1.165) is 16.7 Å². The van der Waals surface area contributed by atoms with Gasteiger partial charge >= 0.3 is 8.80 Å². The molecule has 0 bridgehead atoms. The van der Waals surface area contributed by atoms with Gasteiger partial charge in [0.1, 0.15) is 5.78 Å². The average Bonchev–Trinajstić information content (AvgIpc) is 3.39. The molecule has 0 spiro atoms. The standard InChI is InChI=1S/C15H27N3O6S2Si/c1-21-27(22-2,23-3)6-4-5-11(19)7-12(20)8-16-14-17-18-15(26-14)25-10-13-9-24-13/h12-13,20H,4-10H2,1-3H3,(H,16,17). The predicted molar refractivity (Wildman–Crippen MR) is 105 cm³/mol. The summed E-state index contributed by atoms with van der Waals surface area (Å²) < 4.78 is 22.0. The topological polar surface area (TPSA) is 115 Å². The number of hydrogen-bond donors (Lipinski definition) is 2. The third-order valence-electron chi connectivity index (χ3n) is 4.03. The van der Waals surface area contributed by atoms with Crippen LogP contribution >= 0.6 is 23.1 Å². The molecule has 1 aromatic rings. The molecule has 1 aliphatic rings. The summed E-state index contributed by atoms with van der Waals surface area (Å²) in [5, 5.41) is 21.8. The van der Waals surface area contributed by atoms with Gasteiger partial charge in [-0.15, -0.1) is 10.2 Å². The summed E-state index contributed by atoms with van der Waals surface area (Å²) in [6, 6.07) is 0.563. The maximum atomic E-state index is 12.0. The van der Waals surface area contributed by atoms with Crippen molar-refractivity contribution < 1.29 is 27.9 Å². The monoisotopic (exact) mass is 437 g/mol. The molecule has 9 nitrogen and oxygen atoms in total. The average molecular weight is 438 g/mol. The van der Waals surface area contributed by atoms with Crippen molar-refractivity contribution in [2.24, 2.45) is 0 Å². The molecule has 2 heterocycles. The summed E-state index contributed by atoms with van der Waals surface area (Å²) in [4.78, 5) is 12.0. The first kappa shape index (κ1) is 22.7. The van der Waals surface area contributed by atoms with E-state index in [9.17, 15) is 9.90 Å². The van der Waals surface area contributed by atoms with Gasteiger partial charge in [0.25, 0.3) is 0 Å². The van der Waals surface area contributed by atoms with Gasteiger partial charge in [-0.3, -0.25) is 4.79 Å². The summed E-state index contributed by atoms with van der Waals surface area (Å²) in [7, 11) is 2.01. The smallest absolute Gasteiger partial charge is 0.391 e. The fourth-order valence-corrected chi connectivity index (χ4v) is 5.87. The number of aliphatic hydroxyl groups is 1. The Morgan fingerprint density at radius 1 is 1.41 bits per heavy atom. The number of Topliss-reactive ketones (excluding diaryl/α,β-unsaturated/α-hetero) is 1. The van der Waals surface area contributed by atoms with E-state index in [1.165, 1.54) is 11.3 Å². The molecule has 1 aliphatic heterocycles. The summed E-state index contributed by atoms with van der Waals surface area (Å²) >= 11 is 3.04. The van der Waals surface area contributed by atoms with Crippen LogP contribution in [0.25, 0.3) is 0 Å². The number of ether oxygens (including phenoxy) is 1. The van der Waals surface area contributed by atoms with E-state index in [1.54, 1.807) is 33.1 Å². The van der Waals surface area contributed by atoms with Crippen molar-refractivity contribution in [1.82, 2.24) is 10.2 Å². The molecule has 1 saturated heterocycles. The molecule has 2 N–H and O–H groups in total. The van der Waals surface area contributed by atoms with E-state index >= 15 is 0 Å². The van der Waals surface area contributed by atoms with Gasteiger partial charge in [-0.1, -0.05) is 23.1 Å². The molecule has 2 unspecified atom stereocenters. The lowest BCUT2D eigenvalue weighted by Crippen LogP contribution is -2.42. The van der Waals surface area contributed by atoms with E-state index < -0.39 is 14.9 Å². The Kier molecular flexibility index (Phi) is 9.59. The minimum Gasteiger partial charge on any atom is -0.391 e. The molecule has 0 amide bonds. The van der Waals surface area contributed by atoms with Crippen LogP contribution in [0.5, 0.6) is 0 Å². The fourth-order valence-electron chi connectivity index (χ4n) is 2.37. The zero-order valence-electron chi connectivity index (χ0n) is 15.8. The third kappa shape index (κ3) is 8.11. The minimum absolute atomic E-state index is 0.00606. The number of anilines is 1. The Morgan fingerprint density at radius 3 is 2.74 bits per heavy atom. The highest BCUT2D eigenvalue weighted by Crippen LogP contribution is 2.28. The van der Waals surface area contributed by atoms with Gasteiger partial charge < -0.3 is 28.4 Å². The lowest BCUT2D eigenvalue weighted by molar-refractivity contribution is -0.120. The van der Waals surface area contributed by atoms with Crippen LogP contribution in [0.2, 0.25) is 6.04 Å². The molecule has 2 atom stereocenters. The number of carbonyl (C=O) groups excluding carboxylic acids is 1.